The highest BCUT2D eigenvalue weighted by Gasteiger charge is 2.20. The van der Waals surface area contributed by atoms with Crippen molar-refractivity contribution in [2.45, 2.75) is 67.2 Å². The molecule has 0 heterocycles. The first-order valence-electron chi connectivity index (χ1n) is 11.8. The molecule has 0 radical (unpaired) electrons. The van der Waals surface area contributed by atoms with Gasteiger partial charge < -0.3 is 0 Å². The van der Waals surface area contributed by atoms with Gasteiger partial charge in [-0.15, -0.1) is 0 Å². The first-order chi connectivity index (χ1) is 15.7. The summed E-state index contributed by atoms with van der Waals surface area (Å²) < 4.78 is 14.4. The van der Waals surface area contributed by atoms with Gasteiger partial charge in [-0.3, -0.25) is 4.79 Å². The number of carbonyl (C=O) groups excluding carboxylic acids is 1. The van der Waals surface area contributed by atoms with Gasteiger partial charge >= 0.3 is 0 Å². The lowest BCUT2D eigenvalue weighted by Crippen LogP contribution is -2.06. The van der Waals surface area contributed by atoms with Crippen LogP contribution in [0.5, 0.6) is 0 Å². The van der Waals surface area contributed by atoms with Gasteiger partial charge in [0, 0.05) is 5.57 Å². The summed E-state index contributed by atoms with van der Waals surface area (Å²) in [6, 6.07) is 9.47. The van der Waals surface area contributed by atoms with Crippen LogP contribution in [0, 0.1) is 26.6 Å². The van der Waals surface area contributed by atoms with E-state index >= 15 is 0 Å². The minimum atomic E-state index is -0.228. The van der Waals surface area contributed by atoms with Crippen LogP contribution in [0.25, 0.3) is 5.57 Å². The lowest BCUT2D eigenvalue weighted by atomic mass is 9.81. The molecule has 0 amide bonds. The predicted octanol–water partition coefficient (Wildman–Crippen LogP) is 8.37. The third-order valence-electron chi connectivity index (χ3n) is 6.07. The molecule has 2 rings (SSSR count). The SMILES string of the molecule is C=C(C)C(=C\C=C/C)/C(=C(\C=O)CCc1cc(C)ccc1F)c1c(C)ccc(CCC)c1C. The van der Waals surface area contributed by atoms with Crippen molar-refractivity contribution in [3.63, 3.8) is 0 Å². The van der Waals surface area contributed by atoms with Gasteiger partial charge in [-0.1, -0.05) is 73.6 Å². The van der Waals surface area contributed by atoms with Gasteiger partial charge in [0.05, 0.1) is 0 Å². The van der Waals surface area contributed by atoms with Crippen LogP contribution in [0.15, 0.2) is 71.9 Å². The molecule has 0 aliphatic carbocycles. The van der Waals surface area contributed by atoms with Crippen LogP contribution < -0.4 is 0 Å². The Kier molecular flexibility index (Phi) is 9.78. The molecule has 0 aliphatic rings. The molecule has 174 valence electrons. The van der Waals surface area contributed by atoms with Crippen molar-refractivity contribution in [1.82, 2.24) is 0 Å². The molecule has 0 N–H and O–H groups in total. The zero-order valence-corrected chi connectivity index (χ0v) is 21.0. The number of hydrogen-bond acceptors (Lipinski definition) is 1. The second-order valence-electron chi connectivity index (χ2n) is 8.79. The van der Waals surface area contributed by atoms with Crippen LogP contribution in [0.2, 0.25) is 0 Å². The lowest BCUT2D eigenvalue weighted by molar-refractivity contribution is -0.105. The number of hydrogen-bond donors (Lipinski definition) is 0. The van der Waals surface area contributed by atoms with Crippen molar-refractivity contribution in [3.05, 3.63) is 111 Å². The molecule has 0 saturated carbocycles. The fourth-order valence-electron chi connectivity index (χ4n) is 4.32. The van der Waals surface area contributed by atoms with E-state index in [2.05, 4.69) is 39.5 Å². The second kappa shape index (κ2) is 12.3. The number of aryl methyl sites for hydroxylation is 4. The largest absolute Gasteiger partial charge is 0.298 e. The van der Waals surface area contributed by atoms with Crippen molar-refractivity contribution >= 4 is 11.9 Å². The third kappa shape index (κ3) is 6.51. The van der Waals surface area contributed by atoms with E-state index < -0.39 is 0 Å². The van der Waals surface area contributed by atoms with E-state index in [0.29, 0.717) is 24.0 Å². The Morgan fingerprint density at radius 3 is 2.39 bits per heavy atom. The molecule has 0 saturated heterocycles. The molecular formula is C31H37FO. The standard InChI is InChI=1S/C31H37FO/c1-8-10-12-28(21(3)4)31(30-23(6)14-15-25(11-9-2)24(30)7)27(20-33)17-16-26-19-22(5)13-18-29(26)32/h8,10,12-15,18-20H,3,9,11,16-17H2,1-2,4-7H3/b10-8-,28-12+,31-27+. The summed E-state index contributed by atoms with van der Waals surface area (Å²) in [5.74, 6) is -0.228. The fourth-order valence-corrected chi connectivity index (χ4v) is 4.32. The zero-order chi connectivity index (χ0) is 24.5. The summed E-state index contributed by atoms with van der Waals surface area (Å²) in [6.07, 6.45) is 9.88. The number of benzene rings is 2. The van der Waals surface area contributed by atoms with Crippen LogP contribution >= 0.6 is 0 Å². The molecule has 2 heteroatoms. The zero-order valence-electron chi connectivity index (χ0n) is 21.0. The Hall–Kier alpha value is -3.00. The quantitative estimate of drug-likeness (QED) is 0.204. The van der Waals surface area contributed by atoms with E-state index in [4.69, 9.17) is 0 Å². The van der Waals surface area contributed by atoms with Crippen molar-refractivity contribution in [2.24, 2.45) is 0 Å². The molecule has 0 spiro atoms. The first kappa shape index (κ1) is 26.3. The van der Waals surface area contributed by atoms with Crippen LogP contribution in [0.4, 0.5) is 4.39 Å². The highest BCUT2D eigenvalue weighted by molar-refractivity contribution is 5.98. The Morgan fingerprint density at radius 1 is 1.06 bits per heavy atom. The molecule has 0 atom stereocenters. The van der Waals surface area contributed by atoms with Crippen molar-refractivity contribution in [1.29, 1.82) is 0 Å². The molecule has 0 aliphatic heterocycles. The summed E-state index contributed by atoms with van der Waals surface area (Å²) in [5.41, 5.74) is 9.77. The topological polar surface area (TPSA) is 17.1 Å². The molecular weight excluding hydrogens is 407 g/mol. The van der Waals surface area contributed by atoms with Crippen LogP contribution in [0.3, 0.4) is 0 Å². The maximum Gasteiger partial charge on any atom is 0.146 e. The molecule has 0 bridgehead atoms. The maximum atomic E-state index is 14.4. The van der Waals surface area contributed by atoms with Crippen molar-refractivity contribution in [3.8, 4) is 0 Å². The van der Waals surface area contributed by atoms with Crippen LogP contribution in [0.1, 0.15) is 67.0 Å². The third-order valence-corrected chi connectivity index (χ3v) is 6.07. The molecule has 33 heavy (non-hydrogen) atoms. The van der Waals surface area contributed by atoms with Crippen LogP contribution in [-0.4, -0.2) is 6.29 Å². The number of aldehydes is 1. The smallest absolute Gasteiger partial charge is 0.146 e. The second-order valence-corrected chi connectivity index (χ2v) is 8.79. The average molecular weight is 445 g/mol. The Morgan fingerprint density at radius 2 is 1.79 bits per heavy atom. The van der Waals surface area contributed by atoms with E-state index in [9.17, 15) is 9.18 Å². The lowest BCUT2D eigenvalue weighted by Gasteiger charge is -2.22. The molecule has 2 aromatic rings. The highest BCUT2D eigenvalue weighted by atomic mass is 19.1. The van der Waals surface area contributed by atoms with Gasteiger partial charge in [-0.05, 0) is 98.9 Å². The number of halogens is 1. The Labute approximate surface area is 199 Å². The minimum Gasteiger partial charge on any atom is -0.298 e. The van der Waals surface area contributed by atoms with E-state index in [0.717, 1.165) is 52.5 Å². The highest BCUT2D eigenvalue weighted by Crippen LogP contribution is 2.37. The minimum absolute atomic E-state index is 0.228. The van der Waals surface area contributed by atoms with Gasteiger partial charge in [0.15, 0.2) is 0 Å². The Bertz CT molecular complexity index is 1110. The monoisotopic (exact) mass is 444 g/mol. The predicted molar refractivity (Wildman–Crippen MR) is 140 cm³/mol. The van der Waals surface area contributed by atoms with Crippen molar-refractivity contribution < 1.29 is 9.18 Å². The maximum absolute atomic E-state index is 14.4. The number of allylic oxidation sites excluding steroid dienone is 7. The summed E-state index contributed by atoms with van der Waals surface area (Å²) in [6.45, 7) is 16.5. The molecule has 2 aromatic carbocycles. The summed E-state index contributed by atoms with van der Waals surface area (Å²) in [7, 11) is 0. The Balaban J connectivity index is 2.78. The summed E-state index contributed by atoms with van der Waals surface area (Å²) in [4.78, 5) is 12.5. The van der Waals surface area contributed by atoms with Gasteiger partial charge in [-0.25, -0.2) is 4.39 Å². The molecule has 1 nitrogen and oxygen atoms in total. The molecule has 0 unspecified atom stereocenters. The number of rotatable bonds is 10. The van der Waals surface area contributed by atoms with Gasteiger partial charge in [-0.2, -0.15) is 0 Å². The van der Waals surface area contributed by atoms with E-state index in [1.807, 2.05) is 45.1 Å². The van der Waals surface area contributed by atoms with Crippen LogP contribution in [-0.2, 0) is 17.6 Å². The normalized spacial score (nSPS) is 12.8. The number of carbonyl (C=O) groups is 1. The fraction of sp³-hybridized carbons (Fsp3) is 0.323. The van der Waals surface area contributed by atoms with E-state index in [1.54, 1.807) is 6.07 Å². The summed E-state index contributed by atoms with van der Waals surface area (Å²) in [5, 5.41) is 0. The molecule has 0 fully saturated rings. The van der Waals surface area contributed by atoms with Crippen molar-refractivity contribution in [2.75, 3.05) is 0 Å². The summed E-state index contributed by atoms with van der Waals surface area (Å²) >= 11 is 0. The molecule has 0 aromatic heterocycles. The first-order valence-corrected chi connectivity index (χ1v) is 11.8. The van der Waals surface area contributed by atoms with Gasteiger partial charge in [0.1, 0.15) is 12.1 Å². The van der Waals surface area contributed by atoms with E-state index in [1.165, 1.54) is 17.2 Å². The van der Waals surface area contributed by atoms with Gasteiger partial charge in [0.2, 0.25) is 0 Å². The average Bonchev–Trinajstić information content (AvgIpc) is 2.78. The van der Waals surface area contributed by atoms with Gasteiger partial charge in [0.25, 0.3) is 0 Å². The van der Waals surface area contributed by atoms with E-state index in [-0.39, 0.29) is 5.82 Å².